The van der Waals surface area contributed by atoms with Gasteiger partial charge in [0.15, 0.2) is 0 Å². The van der Waals surface area contributed by atoms with E-state index in [1.807, 2.05) is 0 Å². The average Bonchev–Trinajstić information content (AvgIpc) is 3.38. The van der Waals surface area contributed by atoms with Crippen molar-refractivity contribution in [1.82, 2.24) is 14.3 Å². The van der Waals surface area contributed by atoms with E-state index in [0.717, 1.165) is 27.0 Å². The Labute approximate surface area is 189 Å². The molecule has 1 aromatic carbocycles. The summed E-state index contributed by atoms with van der Waals surface area (Å²) in [6, 6.07) is 7.11. The van der Waals surface area contributed by atoms with Crippen molar-refractivity contribution < 1.29 is 22.4 Å². The monoisotopic (exact) mass is 481 g/mol. The number of anilines is 2. The van der Waals surface area contributed by atoms with Gasteiger partial charge in [-0.05, 0) is 35.8 Å². The quantitative estimate of drug-likeness (QED) is 0.546. The van der Waals surface area contributed by atoms with Crippen molar-refractivity contribution in [1.29, 1.82) is 0 Å². The van der Waals surface area contributed by atoms with Crippen LogP contribution in [0.25, 0.3) is 0 Å². The summed E-state index contributed by atoms with van der Waals surface area (Å²) in [5, 5.41) is 4.28. The zero-order valence-corrected chi connectivity index (χ0v) is 18.0. The van der Waals surface area contributed by atoms with Crippen molar-refractivity contribution in [3.05, 3.63) is 75.1 Å². The van der Waals surface area contributed by atoms with E-state index in [9.17, 15) is 27.2 Å². The van der Waals surface area contributed by atoms with Gasteiger partial charge in [0.05, 0.1) is 30.7 Å². The Morgan fingerprint density at radius 3 is 2.67 bits per heavy atom. The number of fused-ring (bicyclic) bond motifs is 1. The van der Waals surface area contributed by atoms with Crippen LogP contribution in [0.15, 0.2) is 53.4 Å². The number of alkyl halides is 3. The average molecular weight is 481 g/mol. The van der Waals surface area contributed by atoms with Crippen LogP contribution in [0.3, 0.4) is 0 Å². The molecule has 3 aromatic rings. The molecule has 0 spiro atoms. The molecule has 12 heteroatoms. The molecule has 2 aromatic heterocycles. The molecule has 33 heavy (non-hydrogen) atoms. The van der Waals surface area contributed by atoms with Gasteiger partial charge in [0.1, 0.15) is 11.3 Å². The second kappa shape index (κ2) is 8.94. The Morgan fingerprint density at radius 1 is 1.18 bits per heavy atom. The van der Waals surface area contributed by atoms with Gasteiger partial charge in [0.25, 0.3) is 0 Å². The van der Waals surface area contributed by atoms with Crippen LogP contribution in [-0.4, -0.2) is 26.8 Å². The number of para-hydroxylation sites is 1. The number of halogens is 4. The number of thiophene rings is 1. The lowest BCUT2D eigenvalue weighted by Gasteiger charge is -2.31. The van der Waals surface area contributed by atoms with Crippen LogP contribution < -0.4 is 16.3 Å². The summed E-state index contributed by atoms with van der Waals surface area (Å²) in [5.41, 5.74) is 4.56. The number of hydrogen-bond acceptors (Lipinski definition) is 5. The van der Waals surface area contributed by atoms with E-state index < -0.39 is 23.3 Å². The predicted molar refractivity (Wildman–Crippen MR) is 115 cm³/mol. The number of rotatable bonds is 6. The molecule has 0 radical (unpaired) electrons. The maximum Gasteiger partial charge on any atom is 0.418 e. The van der Waals surface area contributed by atoms with Gasteiger partial charge in [0.2, 0.25) is 5.91 Å². The lowest BCUT2D eigenvalue weighted by molar-refractivity contribution is -0.137. The molecule has 3 heterocycles. The molecule has 0 fully saturated rings. The van der Waals surface area contributed by atoms with Crippen molar-refractivity contribution in [3.8, 4) is 0 Å². The number of hydrogen-bond donors (Lipinski definition) is 1. The Kier molecular flexibility index (Phi) is 6.21. The van der Waals surface area contributed by atoms with Gasteiger partial charge < -0.3 is 5.73 Å². The van der Waals surface area contributed by atoms with E-state index >= 15 is 0 Å². The second-order valence-corrected chi connectivity index (χ2v) is 8.60. The third-order valence-corrected chi connectivity index (χ3v) is 6.32. The first-order valence-electron chi connectivity index (χ1n) is 9.94. The molecule has 0 bridgehead atoms. The summed E-state index contributed by atoms with van der Waals surface area (Å²) in [6.45, 7) is -0.0558. The van der Waals surface area contributed by atoms with E-state index in [1.165, 1.54) is 17.0 Å². The first-order chi connectivity index (χ1) is 15.7. The van der Waals surface area contributed by atoms with E-state index in [1.54, 1.807) is 18.2 Å². The molecule has 1 aliphatic rings. The number of aryl methyl sites for hydroxylation is 1. The lowest BCUT2D eigenvalue weighted by atomic mass is 9.97. The van der Waals surface area contributed by atoms with Crippen LogP contribution in [0.4, 0.5) is 28.3 Å². The molecule has 0 unspecified atom stereocenters. The standard InChI is InChI=1S/C21H19F4N5O2S/c22-8-13(9-26)10-29-20(32)28(12-27-29)11-15-5-7-18(33-15)30-17(31)6-4-14-2-1-3-16(19(14)30)21(23,24)25/h1-3,5,7-8,12H,4,6,9-11,26H2/b13-8+. The number of aromatic nitrogens is 3. The Morgan fingerprint density at radius 2 is 1.97 bits per heavy atom. The summed E-state index contributed by atoms with van der Waals surface area (Å²) >= 11 is 1.11. The molecule has 0 aliphatic carbocycles. The summed E-state index contributed by atoms with van der Waals surface area (Å²) < 4.78 is 56.1. The molecular formula is C21H19F4N5O2S. The summed E-state index contributed by atoms with van der Waals surface area (Å²) in [6.07, 6.45) is -2.66. The van der Waals surface area contributed by atoms with Crippen molar-refractivity contribution >= 4 is 27.9 Å². The highest BCUT2D eigenvalue weighted by Gasteiger charge is 2.39. The second-order valence-electron chi connectivity index (χ2n) is 7.45. The maximum absolute atomic E-state index is 13.7. The zero-order valence-electron chi connectivity index (χ0n) is 17.2. The highest BCUT2D eigenvalue weighted by atomic mass is 32.1. The highest BCUT2D eigenvalue weighted by Crippen LogP contribution is 2.45. The van der Waals surface area contributed by atoms with Crippen LogP contribution in [0.2, 0.25) is 0 Å². The molecule has 174 valence electrons. The fourth-order valence-electron chi connectivity index (χ4n) is 3.66. The first kappa shape index (κ1) is 22.9. The fourth-order valence-corrected chi connectivity index (χ4v) is 4.69. The van der Waals surface area contributed by atoms with E-state index in [-0.39, 0.29) is 43.7 Å². The predicted octanol–water partition coefficient (Wildman–Crippen LogP) is 3.60. The van der Waals surface area contributed by atoms with Gasteiger partial charge in [-0.2, -0.15) is 18.3 Å². The van der Waals surface area contributed by atoms with Gasteiger partial charge in [-0.15, -0.1) is 11.3 Å². The SMILES string of the molecule is NC/C(=C\F)Cn1ncn(Cc2ccc(N3C(=O)CCc4cccc(C(F)(F)F)c43)s2)c1=O. The molecule has 0 saturated heterocycles. The third-order valence-electron chi connectivity index (χ3n) is 5.27. The number of nitrogens with two attached hydrogens (primary N) is 1. The molecule has 0 saturated carbocycles. The van der Waals surface area contributed by atoms with Crippen molar-refractivity contribution in [3.63, 3.8) is 0 Å². The minimum Gasteiger partial charge on any atom is -0.327 e. The van der Waals surface area contributed by atoms with Crippen LogP contribution in [0.1, 0.15) is 22.4 Å². The van der Waals surface area contributed by atoms with Crippen LogP contribution in [0.5, 0.6) is 0 Å². The number of amides is 1. The smallest absolute Gasteiger partial charge is 0.327 e. The zero-order chi connectivity index (χ0) is 23.8. The van der Waals surface area contributed by atoms with E-state index in [2.05, 4.69) is 5.10 Å². The largest absolute Gasteiger partial charge is 0.418 e. The number of benzene rings is 1. The molecule has 4 rings (SSSR count). The molecule has 1 amide bonds. The summed E-state index contributed by atoms with van der Waals surface area (Å²) in [5.74, 6) is -0.426. The molecule has 2 N–H and O–H groups in total. The Balaban J connectivity index is 1.64. The van der Waals surface area contributed by atoms with Crippen LogP contribution in [-0.2, 0) is 30.5 Å². The molecule has 1 aliphatic heterocycles. The van der Waals surface area contributed by atoms with Gasteiger partial charge in [-0.25, -0.2) is 13.9 Å². The van der Waals surface area contributed by atoms with Gasteiger partial charge in [0, 0.05) is 17.8 Å². The highest BCUT2D eigenvalue weighted by molar-refractivity contribution is 7.16. The number of nitrogens with zero attached hydrogens (tertiary/aromatic N) is 4. The normalized spacial score (nSPS) is 14.6. The molecule has 7 nitrogen and oxygen atoms in total. The van der Waals surface area contributed by atoms with Crippen molar-refractivity contribution in [2.24, 2.45) is 5.73 Å². The molecule has 0 atom stereocenters. The Bertz CT molecular complexity index is 1270. The number of carbonyl (C=O) groups excluding carboxylic acids is 1. The van der Waals surface area contributed by atoms with Gasteiger partial charge >= 0.3 is 11.9 Å². The van der Waals surface area contributed by atoms with Gasteiger partial charge in [-0.3, -0.25) is 14.3 Å². The Hall–Kier alpha value is -3.25. The summed E-state index contributed by atoms with van der Waals surface area (Å²) in [4.78, 5) is 26.9. The van der Waals surface area contributed by atoms with Crippen LogP contribution >= 0.6 is 11.3 Å². The van der Waals surface area contributed by atoms with Crippen molar-refractivity contribution in [2.75, 3.05) is 11.4 Å². The minimum absolute atomic E-state index is 0.0602. The maximum atomic E-state index is 13.7. The van der Waals surface area contributed by atoms with E-state index in [4.69, 9.17) is 5.73 Å². The summed E-state index contributed by atoms with van der Waals surface area (Å²) in [7, 11) is 0. The minimum atomic E-state index is -4.61. The first-order valence-corrected chi connectivity index (χ1v) is 10.8. The fraction of sp³-hybridized carbons (Fsp3) is 0.286. The van der Waals surface area contributed by atoms with E-state index in [0.29, 0.717) is 21.8 Å². The molecular weight excluding hydrogens is 462 g/mol. The van der Waals surface area contributed by atoms with Crippen LogP contribution in [0, 0.1) is 0 Å². The topological polar surface area (TPSA) is 86.2 Å². The van der Waals surface area contributed by atoms with Crippen molar-refractivity contribution in [2.45, 2.75) is 32.1 Å². The van der Waals surface area contributed by atoms with Gasteiger partial charge in [-0.1, -0.05) is 12.1 Å². The number of carbonyl (C=O) groups is 1. The lowest BCUT2D eigenvalue weighted by Crippen LogP contribution is -2.32. The third kappa shape index (κ3) is 4.48.